The van der Waals surface area contributed by atoms with E-state index in [0.29, 0.717) is 29.0 Å². The molecule has 180 valence electrons. The van der Waals surface area contributed by atoms with Crippen molar-refractivity contribution in [2.45, 2.75) is 26.8 Å². The third-order valence-corrected chi connectivity index (χ3v) is 6.18. The number of hydrogen-bond acceptors (Lipinski definition) is 7. The molecule has 1 aliphatic heterocycles. The number of nitrogens with zero attached hydrogens (tertiary/aromatic N) is 3. The summed E-state index contributed by atoms with van der Waals surface area (Å²) in [5.41, 5.74) is 1.19. The van der Waals surface area contributed by atoms with Crippen molar-refractivity contribution in [3.63, 3.8) is 0 Å². The summed E-state index contributed by atoms with van der Waals surface area (Å²) in [4.78, 5) is 40.6. The lowest BCUT2D eigenvalue weighted by Gasteiger charge is -2.28. The number of rotatable bonds is 9. The predicted molar refractivity (Wildman–Crippen MR) is 128 cm³/mol. The Morgan fingerprint density at radius 2 is 1.88 bits per heavy atom. The van der Waals surface area contributed by atoms with Crippen LogP contribution in [0.15, 0.2) is 48.0 Å². The number of aliphatic hydroxyl groups is 1. The smallest absolute Gasteiger partial charge is 0.295 e. The molecule has 1 heterocycles. The van der Waals surface area contributed by atoms with Crippen molar-refractivity contribution < 1.29 is 24.4 Å². The maximum atomic E-state index is 13.2. The van der Waals surface area contributed by atoms with Crippen LogP contribution < -0.4 is 4.74 Å². The van der Waals surface area contributed by atoms with Crippen LogP contribution in [0.5, 0.6) is 5.75 Å². The number of carbonyl (C=O) groups excluding carboxylic acids is 2. The zero-order valence-corrected chi connectivity index (χ0v) is 19.8. The molecule has 0 bridgehead atoms. The molecule has 1 atom stereocenters. The normalized spacial score (nSPS) is 17.4. The average Bonchev–Trinajstić information content (AvgIpc) is 3.09. The second-order valence-corrected chi connectivity index (χ2v) is 8.05. The number of ether oxygens (including phenoxy) is 1. The van der Waals surface area contributed by atoms with Crippen LogP contribution >= 0.6 is 0 Å². The highest BCUT2D eigenvalue weighted by Gasteiger charge is 2.46. The number of nitro benzene ring substituents is 1. The number of likely N-dealkylation sites (tertiary alicyclic amines) is 1. The van der Waals surface area contributed by atoms with Gasteiger partial charge in [-0.15, -0.1) is 0 Å². The highest BCUT2D eigenvalue weighted by atomic mass is 16.6. The Bertz CT molecular complexity index is 1140. The van der Waals surface area contributed by atoms with Gasteiger partial charge in [0, 0.05) is 30.8 Å². The Kier molecular flexibility index (Phi) is 7.68. The van der Waals surface area contributed by atoms with Gasteiger partial charge in [0.15, 0.2) is 0 Å². The van der Waals surface area contributed by atoms with E-state index in [1.807, 2.05) is 13.8 Å². The molecule has 9 nitrogen and oxygen atoms in total. The first-order valence-corrected chi connectivity index (χ1v) is 11.1. The summed E-state index contributed by atoms with van der Waals surface area (Å²) in [6.45, 7) is 8.06. The average molecular weight is 468 g/mol. The third kappa shape index (κ3) is 4.79. The topological polar surface area (TPSA) is 113 Å². The molecular weight excluding hydrogens is 438 g/mol. The molecule has 0 saturated carbocycles. The summed E-state index contributed by atoms with van der Waals surface area (Å²) in [5.74, 6) is -1.29. The fourth-order valence-corrected chi connectivity index (χ4v) is 4.23. The number of aryl methyl sites for hydroxylation is 1. The molecule has 0 unspecified atom stereocenters. The van der Waals surface area contributed by atoms with E-state index in [0.717, 1.165) is 13.1 Å². The number of ketones is 1. The van der Waals surface area contributed by atoms with Crippen molar-refractivity contribution in [3.05, 3.63) is 74.8 Å². The molecule has 34 heavy (non-hydrogen) atoms. The van der Waals surface area contributed by atoms with Crippen molar-refractivity contribution >= 4 is 23.1 Å². The minimum atomic E-state index is -0.947. The van der Waals surface area contributed by atoms with Gasteiger partial charge in [-0.25, -0.2) is 0 Å². The molecule has 0 spiro atoms. The molecule has 2 aromatic carbocycles. The number of likely N-dealkylation sites (N-methyl/N-ethyl adjacent to an activating group) is 1. The summed E-state index contributed by atoms with van der Waals surface area (Å²) in [7, 11) is 1.53. The standard InChI is InChI=1S/C25H29N3O6/c1-5-26(6-2)12-13-27-22(17-8-7-9-18(15-17)28(32)33)21(24(30)25(27)31)23(29)20-11-10-19(34-4)14-16(20)3/h7-11,14-15,22,29H,5-6,12-13H2,1-4H3/b23-21+/t22-/m1/s1. The maximum Gasteiger partial charge on any atom is 0.295 e. The molecular formula is C25H29N3O6. The summed E-state index contributed by atoms with van der Waals surface area (Å²) < 4.78 is 5.22. The second kappa shape index (κ2) is 10.5. The lowest BCUT2D eigenvalue weighted by molar-refractivity contribution is -0.384. The highest BCUT2D eigenvalue weighted by molar-refractivity contribution is 6.46. The Hall–Kier alpha value is -3.72. The number of Topliss-reactive ketones (excluding diaryl/α,β-unsaturated/α-hetero) is 1. The molecule has 0 radical (unpaired) electrons. The first kappa shape index (κ1) is 24.9. The van der Waals surface area contributed by atoms with Crippen LogP contribution in [0.3, 0.4) is 0 Å². The number of amides is 1. The molecule has 1 fully saturated rings. The van der Waals surface area contributed by atoms with Crippen molar-refractivity contribution in [2.75, 3.05) is 33.3 Å². The number of aliphatic hydroxyl groups excluding tert-OH is 1. The number of benzene rings is 2. The largest absolute Gasteiger partial charge is 0.507 e. The Labute approximate surface area is 198 Å². The first-order chi connectivity index (χ1) is 16.2. The van der Waals surface area contributed by atoms with Crippen molar-refractivity contribution in [1.82, 2.24) is 9.80 Å². The predicted octanol–water partition coefficient (Wildman–Crippen LogP) is 3.68. The van der Waals surface area contributed by atoms with Crippen LogP contribution in [0.1, 0.15) is 36.6 Å². The van der Waals surface area contributed by atoms with E-state index in [9.17, 15) is 24.8 Å². The van der Waals surface area contributed by atoms with Crippen LogP contribution in [0.4, 0.5) is 5.69 Å². The minimum absolute atomic E-state index is 0.0849. The summed E-state index contributed by atoms with van der Waals surface area (Å²) in [6.07, 6.45) is 0. The van der Waals surface area contributed by atoms with Gasteiger partial charge < -0.3 is 19.6 Å². The van der Waals surface area contributed by atoms with Crippen LogP contribution in [-0.2, 0) is 9.59 Å². The quantitative estimate of drug-likeness (QED) is 0.197. The number of non-ortho nitro benzene ring substituents is 1. The van der Waals surface area contributed by atoms with Crippen molar-refractivity contribution in [3.8, 4) is 5.75 Å². The van der Waals surface area contributed by atoms with E-state index in [1.165, 1.54) is 30.2 Å². The van der Waals surface area contributed by atoms with Gasteiger partial charge in [0.05, 0.1) is 23.6 Å². The van der Waals surface area contributed by atoms with Crippen LogP contribution in [0.2, 0.25) is 0 Å². The van der Waals surface area contributed by atoms with Crippen LogP contribution in [0, 0.1) is 17.0 Å². The molecule has 2 aromatic rings. The summed E-state index contributed by atoms with van der Waals surface area (Å²) in [6, 6.07) is 9.87. The fourth-order valence-electron chi connectivity index (χ4n) is 4.23. The van der Waals surface area contributed by atoms with Gasteiger partial charge in [-0.05, 0) is 49.3 Å². The molecule has 0 aromatic heterocycles. The van der Waals surface area contributed by atoms with E-state index >= 15 is 0 Å². The number of hydrogen-bond donors (Lipinski definition) is 1. The number of methoxy groups -OCH3 is 1. The van der Waals surface area contributed by atoms with Gasteiger partial charge in [-0.1, -0.05) is 26.0 Å². The molecule has 1 amide bonds. The fraction of sp³-hybridized carbons (Fsp3) is 0.360. The number of nitro groups is 1. The van der Waals surface area contributed by atoms with Gasteiger partial charge in [0.2, 0.25) is 0 Å². The van der Waals surface area contributed by atoms with E-state index in [-0.39, 0.29) is 23.6 Å². The highest BCUT2D eigenvalue weighted by Crippen LogP contribution is 2.40. The van der Waals surface area contributed by atoms with E-state index in [4.69, 9.17) is 4.74 Å². The molecule has 3 rings (SSSR count). The Morgan fingerprint density at radius 3 is 2.47 bits per heavy atom. The summed E-state index contributed by atoms with van der Waals surface area (Å²) in [5, 5.41) is 22.6. The van der Waals surface area contributed by atoms with Gasteiger partial charge in [-0.3, -0.25) is 19.7 Å². The van der Waals surface area contributed by atoms with Gasteiger partial charge in [0.1, 0.15) is 11.5 Å². The SMILES string of the molecule is CCN(CC)CCN1C(=O)C(=O)/C(=C(/O)c2ccc(OC)cc2C)[C@H]1c1cccc([N+](=O)[O-])c1. The molecule has 9 heteroatoms. The Morgan fingerprint density at radius 1 is 1.18 bits per heavy atom. The third-order valence-electron chi connectivity index (χ3n) is 6.18. The van der Waals surface area contributed by atoms with Gasteiger partial charge in [0.25, 0.3) is 17.4 Å². The maximum absolute atomic E-state index is 13.2. The molecule has 1 N–H and O–H groups in total. The van der Waals surface area contributed by atoms with Crippen LogP contribution in [0.25, 0.3) is 5.76 Å². The monoisotopic (exact) mass is 467 g/mol. The van der Waals surface area contributed by atoms with E-state index in [2.05, 4.69) is 4.90 Å². The second-order valence-electron chi connectivity index (χ2n) is 8.05. The zero-order valence-electron chi connectivity index (χ0n) is 19.8. The lowest BCUT2D eigenvalue weighted by atomic mass is 9.93. The van der Waals surface area contributed by atoms with Gasteiger partial charge >= 0.3 is 0 Å². The Balaban J connectivity index is 2.17. The number of carbonyl (C=O) groups is 2. The summed E-state index contributed by atoms with van der Waals surface area (Å²) >= 11 is 0. The molecule has 1 aliphatic rings. The minimum Gasteiger partial charge on any atom is -0.507 e. The first-order valence-electron chi connectivity index (χ1n) is 11.1. The van der Waals surface area contributed by atoms with Crippen LogP contribution in [-0.4, -0.2) is 64.8 Å². The zero-order chi connectivity index (χ0) is 25.0. The van der Waals surface area contributed by atoms with Crippen molar-refractivity contribution in [2.24, 2.45) is 0 Å². The van der Waals surface area contributed by atoms with E-state index < -0.39 is 22.7 Å². The molecule has 1 saturated heterocycles. The lowest BCUT2D eigenvalue weighted by Crippen LogP contribution is -2.38. The molecule has 0 aliphatic carbocycles. The van der Waals surface area contributed by atoms with E-state index in [1.54, 1.807) is 31.2 Å². The van der Waals surface area contributed by atoms with Gasteiger partial charge in [-0.2, -0.15) is 0 Å². The van der Waals surface area contributed by atoms with Crippen molar-refractivity contribution in [1.29, 1.82) is 0 Å².